The Kier molecular flexibility index (Phi) is 10.4. The molecule has 3 rings (SSSR count). The lowest BCUT2D eigenvalue weighted by Gasteiger charge is -2.34. The molecule has 3 aromatic rings. The Morgan fingerprint density at radius 2 is 1.51 bits per heavy atom. The van der Waals surface area contributed by atoms with Crippen molar-refractivity contribution in [3.8, 4) is 0 Å². The molecule has 0 fully saturated rings. The van der Waals surface area contributed by atoms with Gasteiger partial charge in [0.2, 0.25) is 11.8 Å². The van der Waals surface area contributed by atoms with E-state index in [1.807, 2.05) is 75.4 Å². The zero-order valence-electron chi connectivity index (χ0n) is 22.4. The first-order valence-corrected chi connectivity index (χ1v) is 14.5. The fraction of sp³-hybridized carbons (Fsp3) is 0.355. The smallest absolute Gasteiger partial charge is 0.243 e. The highest BCUT2D eigenvalue weighted by molar-refractivity contribution is 9.10. The Morgan fingerprint density at radius 1 is 0.892 bits per heavy atom. The molecule has 0 bridgehead atoms. The topological polar surface area (TPSA) is 49.4 Å². The molecule has 1 N–H and O–H groups in total. The minimum absolute atomic E-state index is 0.0396. The van der Waals surface area contributed by atoms with Crippen LogP contribution in [0.3, 0.4) is 0 Å². The molecular weight excluding hydrogens is 544 g/mol. The Labute approximate surface area is 234 Å². The third kappa shape index (κ3) is 9.67. The van der Waals surface area contributed by atoms with Crippen molar-refractivity contribution in [2.45, 2.75) is 64.9 Å². The van der Waals surface area contributed by atoms with Crippen LogP contribution in [0, 0.1) is 13.8 Å². The van der Waals surface area contributed by atoms with Crippen molar-refractivity contribution >= 4 is 39.5 Å². The largest absolute Gasteiger partial charge is 0.350 e. The molecule has 0 heterocycles. The molecule has 1 unspecified atom stereocenters. The predicted molar refractivity (Wildman–Crippen MR) is 159 cm³/mol. The van der Waals surface area contributed by atoms with E-state index in [2.05, 4.69) is 53.3 Å². The summed E-state index contributed by atoms with van der Waals surface area (Å²) in [6, 6.07) is 23.7. The summed E-state index contributed by atoms with van der Waals surface area (Å²) in [4.78, 5) is 29.1. The zero-order chi connectivity index (χ0) is 27.0. The van der Waals surface area contributed by atoms with Gasteiger partial charge in [-0.2, -0.15) is 0 Å². The lowest BCUT2D eigenvalue weighted by atomic mass is 10.0. The summed E-state index contributed by atoms with van der Waals surface area (Å²) in [5.74, 6) is 0.874. The molecule has 37 heavy (non-hydrogen) atoms. The standard InChI is InChI=1S/C31H37BrN2O2S/c1-22-15-23(2)17-26(16-22)20-37-21-29(35)34(19-25-11-13-27(32)14-12-25)28(30(36)33-31(3,4)5)18-24-9-7-6-8-10-24/h6-17,28H,18-21H2,1-5H3,(H,33,36). The van der Waals surface area contributed by atoms with Gasteiger partial charge in [-0.15, -0.1) is 11.8 Å². The first kappa shape index (κ1) is 29.0. The van der Waals surface area contributed by atoms with Crippen molar-refractivity contribution in [2.75, 3.05) is 5.75 Å². The van der Waals surface area contributed by atoms with Gasteiger partial charge in [0, 0.05) is 28.7 Å². The number of amides is 2. The third-order valence-corrected chi connectivity index (χ3v) is 7.33. The summed E-state index contributed by atoms with van der Waals surface area (Å²) in [6.45, 7) is 10.4. The highest BCUT2D eigenvalue weighted by atomic mass is 79.9. The van der Waals surface area contributed by atoms with E-state index in [4.69, 9.17) is 0 Å². The van der Waals surface area contributed by atoms with Crippen molar-refractivity contribution in [3.05, 3.63) is 105 Å². The molecule has 0 radical (unpaired) electrons. The van der Waals surface area contributed by atoms with E-state index < -0.39 is 11.6 Å². The number of nitrogens with one attached hydrogen (secondary N) is 1. The van der Waals surface area contributed by atoms with E-state index in [9.17, 15) is 9.59 Å². The van der Waals surface area contributed by atoms with Crippen LogP contribution in [0.25, 0.3) is 0 Å². The van der Waals surface area contributed by atoms with Crippen LogP contribution in [0.2, 0.25) is 0 Å². The molecule has 0 spiro atoms. The molecule has 3 aromatic carbocycles. The maximum absolute atomic E-state index is 13.8. The van der Waals surface area contributed by atoms with Crippen LogP contribution in [-0.4, -0.2) is 34.0 Å². The average Bonchev–Trinajstić information content (AvgIpc) is 2.81. The SMILES string of the molecule is Cc1cc(C)cc(CSCC(=O)N(Cc2ccc(Br)cc2)C(Cc2ccccc2)C(=O)NC(C)(C)C)c1. The van der Waals surface area contributed by atoms with Gasteiger partial charge in [0.15, 0.2) is 0 Å². The number of carbonyl (C=O) groups excluding carboxylic acids is 2. The van der Waals surface area contributed by atoms with Crippen molar-refractivity contribution in [1.29, 1.82) is 0 Å². The number of carbonyl (C=O) groups is 2. The number of hydrogen-bond donors (Lipinski definition) is 1. The molecule has 6 heteroatoms. The third-order valence-electron chi connectivity index (χ3n) is 5.81. The molecule has 196 valence electrons. The summed E-state index contributed by atoms with van der Waals surface area (Å²) < 4.78 is 0.976. The van der Waals surface area contributed by atoms with E-state index >= 15 is 0 Å². The zero-order valence-corrected chi connectivity index (χ0v) is 24.8. The molecule has 0 saturated heterocycles. The van der Waals surface area contributed by atoms with Crippen LogP contribution >= 0.6 is 27.7 Å². The molecule has 0 aromatic heterocycles. The lowest BCUT2D eigenvalue weighted by molar-refractivity contribution is -0.140. The van der Waals surface area contributed by atoms with Gasteiger partial charge in [0.25, 0.3) is 0 Å². The summed E-state index contributed by atoms with van der Waals surface area (Å²) in [5.41, 5.74) is 5.25. The van der Waals surface area contributed by atoms with Crippen molar-refractivity contribution < 1.29 is 9.59 Å². The Bertz CT molecular complexity index is 1170. The van der Waals surface area contributed by atoms with Gasteiger partial charge in [0.05, 0.1) is 5.75 Å². The van der Waals surface area contributed by atoms with E-state index in [0.717, 1.165) is 21.4 Å². The first-order valence-electron chi connectivity index (χ1n) is 12.5. The van der Waals surface area contributed by atoms with Gasteiger partial charge in [-0.05, 0) is 63.4 Å². The van der Waals surface area contributed by atoms with E-state index in [1.165, 1.54) is 16.7 Å². The van der Waals surface area contributed by atoms with Crippen LogP contribution in [0.1, 0.15) is 48.6 Å². The average molecular weight is 582 g/mol. The van der Waals surface area contributed by atoms with Crippen LogP contribution < -0.4 is 5.32 Å². The van der Waals surface area contributed by atoms with Gasteiger partial charge < -0.3 is 10.2 Å². The van der Waals surface area contributed by atoms with E-state index in [1.54, 1.807) is 16.7 Å². The number of nitrogens with zero attached hydrogens (tertiary/aromatic N) is 1. The van der Waals surface area contributed by atoms with Crippen molar-refractivity contribution in [2.24, 2.45) is 0 Å². The summed E-state index contributed by atoms with van der Waals surface area (Å²) in [6.07, 6.45) is 0.451. The van der Waals surface area contributed by atoms with E-state index in [0.29, 0.717) is 18.7 Å². The van der Waals surface area contributed by atoms with Gasteiger partial charge >= 0.3 is 0 Å². The summed E-state index contributed by atoms with van der Waals surface area (Å²) >= 11 is 5.08. The number of halogens is 1. The number of thioether (sulfide) groups is 1. The maximum atomic E-state index is 13.8. The molecule has 1 atom stereocenters. The minimum atomic E-state index is -0.625. The Balaban J connectivity index is 1.87. The fourth-order valence-electron chi connectivity index (χ4n) is 4.28. The normalized spacial score (nSPS) is 12.2. The molecular formula is C31H37BrN2O2S. The number of aryl methyl sites for hydroxylation is 2. The second-order valence-corrected chi connectivity index (χ2v) is 12.5. The molecule has 2 amide bonds. The van der Waals surface area contributed by atoms with Crippen LogP contribution in [0.15, 0.2) is 77.3 Å². The monoisotopic (exact) mass is 580 g/mol. The Hall–Kier alpha value is -2.57. The lowest BCUT2D eigenvalue weighted by Crippen LogP contribution is -2.54. The Morgan fingerprint density at radius 3 is 2.11 bits per heavy atom. The quantitative estimate of drug-likeness (QED) is 0.285. The van der Waals surface area contributed by atoms with Crippen molar-refractivity contribution in [1.82, 2.24) is 10.2 Å². The fourth-order valence-corrected chi connectivity index (χ4v) is 5.39. The maximum Gasteiger partial charge on any atom is 0.243 e. The number of benzene rings is 3. The van der Waals surface area contributed by atoms with Crippen LogP contribution in [-0.2, 0) is 28.3 Å². The molecule has 0 aliphatic heterocycles. The van der Waals surface area contributed by atoms with Gasteiger partial charge in [-0.25, -0.2) is 0 Å². The molecule has 0 aliphatic rings. The van der Waals surface area contributed by atoms with Crippen molar-refractivity contribution in [3.63, 3.8) is 0 Å². The second-order valence-electron chi connectivity index (χ2n) is 10.6. The van der Waals surface area contributed by atoms with Gasteiger partial charge in [-0.3, -0.25) is 9.59 Å². The summed E-state index contributed by atoms with van der Waals surface area (Å²) in [5, 5.41) is 3.12. The number of rotatable bonds is 10. The molecule has 0 saturated carbocycles. The van der Waals surface area contributed by atoms with Crippen LogP contribution in [0.4, 0.5) is 0 Å². The summed E-state index contributed by atoms with van der Waals surface area (Å²) in [7, 11) is 0. The highest BCUT2D eigenvalue weighted by Gasteiger charge is 2.32. The first-order chi connectivity index (χ1) is 17.5. The second kappa shape index (κ2) is 13.3. The highest BCUT2D eigenvalue weighted by Crippen LogP contribution is 2.21. The molecule has 4 nitrogen and oxygen atoms in total. The van der Waals surface area contributed by atoms with Crippen LogP contribution in [0.5, 0.6) is 0 Å². The van der Waals surface area contributed by atoms with E-state index in [-0.39, 0.29) is 11.8 Å². The minimum Gasteiger partial charge on any atom is -0.350 e. The van der Waals surface area contributed by atoms with Gasteiger partial charge in [0.1, 0.15) is 6.04 Å². The molecule has 0 aliphatic carbocycles. The predicted octanol–water partition coefficient (Wildman–Crippen LogP) is 6.85. The number of hydrogen-bond acceptors (Lipinski definition) is 3. The van der Waals surface area contributed by atoms with Gasteiger partial charge in [-0.1, -0.05) is 87.7 Å².